The van der Waals surface area contributed by atoms with E-state index in [0.29, 0.717) is 6.04 Å². The van der Waals surface area contributed by atoms with Gasteiger partial charge in [-0.15, -0.1) is 0 Å². The Kier molecular flexibility index (Phi) is 4.03. The van der Waals surface area contributed by atoms with Crippen LogP contribution >= 0.6 is 0 Å². The van der Waals surface area contributed by atoms with Crippen LogP contribution in [0.3, 0.4) is 0 Å². The lowest BCUT2D eigenvalue weighted by Crippen LogP contribution is -2.45. The molecule has 0 radical (unpaired) electrons. The standard InChI is InChI=1S/C22H26N2O2/c1-4-22(5-2)14-15(10-11-19(25)26)24-18-9-7-6-8-16(18)17-12-13-23(3)21(22)20(17)24/h6-11,14,21H,4-5,12-13H2,1-3H3,(H,25,26)/b11-10+/t21-/m1/s1. The third-order valence-corrected chi connectivity index (χ3v) is 6.39. The number of rotatable bonds is 4. The zero-order valence-corrected chi connectivity index (χ0v) is 15.7. The van der Waals surface area contributed by atoms with Crippen molar-refractivity contribution >= 4 is 22.6 Å². The van der Waals surface area contributed by atoms with E-state index in [1.165, 1.54) is 28.2 Å². The minimum Gasteiger partial charge on any atom is -0.478 e. The fourth-order valence-corrected chi connectivity index (χ4v) is 5.05. The van der Waals surface area contributed by atoms with Crippen LogP contribution in [0.25, 0.3) is 16.6 Å². The summed E-state index contributed by atoms with van der Waals surface area (Å²) in [6.07, 6.45) is 8.45. The number of nitrogens with zero attached hydrogens (tertiary/aromatic N) is 2. The van der Waals surface area contributed by atoms with E-state index < -0.39 is 5.97 Å². The minimum atomic E-state index is -0.908. The van der Waals surface area contributed by atoms with Gasteiger partial charge in [-0.2, -0.15) is 0 Å². The lowest BCUT2D eigenvalue weighted by atomic mass is 9.69. The summed E-state index contributed by atoms with van der Waals surface area (Å²) in [7, 11) is 2.22. The number of carbonyl (C=O) groups is 1. The number of hydrogen-bond donors (Lipinski definition) is 1. The van der Waals surface area contributed by atoms with Gasteiger partial charge in [-0.1, -0.05) is 38.1 Å². The van der Waals surface area contributed by atoms with E-state index in [9.17, 15) is 9.90 Å². The van der Waals surface area contributed by atoms with Crippen LogP contribution in [0.1, 0.15) is 44.0 Å². The molecule has 4 rings (SSSR count). The molecule has 0 spiro atoms. The quantitative estimate of drug-likeness (QED) is 0.828. The Morgan fingerprint density at radius 3 is 2.73 bits per heavy atom. The second-order valence-corrected chi connectivity index (χ2v) is 7.53. The Morgan fingerprint density at radius 1 is 1.31 bits per heavy atom. The van der Waals surface area contributed by atoms with Crippen LogP contribution in [-0.2, 0) is 11.2 Å². The number of allylic oxidation sites excluding steroid dienone is 2. The number of para-hydroxylation sites is 1. The molecule has 1 aromatic heterocycles. The first-order valence-electron chi connectivity index (χ1n) is 9.49. The fraction of sp³-hybridized carbons (Fsp3) is 0.409. The first-order valence-corrected chi connectivity index (χ1v) is 9.49. The predicted octanol–water partition coefficient (Wildman–Crippen LogP) is 4.47. The Morgan fingerprint density at radius 2 is 2.04 bits per heavy atom. The van der Waals surface area contributed by atoms with Gasteiger partial charge in [0.1, 0.15) is 0 Å². The van der Waals surface area contributed by atoms with Gasteiger partial charge in [0.05, 0.1) is 11.6 Å². The molecule has 0 bridgehead atoms. The van der Waals surface area contributed by atoms with Crippen LogP contribution in [0.2, 0.25) is 0 Å². The van der Waals surface area contributed by atoms with Crippen molar-refractivity contribution in [1.82, 2.24) is 9.47 Å². The number of aliphatic carboxylic acids is 1. The highest BCUT2D eigenvalue weighted by molar-refractivity contribution is 5.92. The smallest absolute Gasteiger partial charge is 0.328 e. The van der Waals surface area contributed by atoms with Gasteiger partial charge >= 0.3 is 5.97 Å². The molecule has 1 aromatic carbocycles. The van der Waals surface area contributed by atoms with E-state index in [2.05, 4.69) is 60.7 Å². The first-order chi connectivity index (χ1) is 12.5. The summed E-state index contributed by atoms with van der Waals surface area (Å²) in [5, 5.41) is 10.5. The lowest BCUT2D eigenvalue weighted by molar-refractivity contribution is -0.131. The predicted molar refractivity (Wildman–Crippen MR) is 105 cm³/mol. The summed E-state index contributed by atoms with van der Waals surface area (Å²) in [6, 6.07) is 8.85. The van der Waals surface area contributed by atoms with Gasteiger partial charge in [0, 0.05) is 34.8 Å². The molecule has 2 aliphatic heterocycles. The Balaban J connectivity index is 2.08. The van der Waals surface area contributed by atoms with Crippen molar-refractivity contribution in [1.29, 1.82) is 0 Å². The molecule has 2 aromatic rings. The average Bonchev–Trinajstić information content (AvgIpc) is 2.98. The Hall–Kier alpha value is -2.33. The van der Waals surface area contributed by atoms with Gasteiger partial charge in [-0.3, -0.25) is 4.90 Å². The summed E-state index contributed by atoms with van der Waals surface area (Å²) >= 11 is 0. The number of benzene rings is 1. The summed E-state index contributed by atoms with van der Waals surface area (Å²) in [4.78, 5) is 13.7. The van der Waals surface area contributed by atoms with Crippen molar-refractivity contribution in [2.75, 3.05) is 13.6 Å². The van der Waals surface area contributed by atoms with Crippen molar-refractivity contribution in [3.63, 3.8) is 0 Å². The summed E-state index contributed by atoms with van der Waals surface area (Å²) < 4.78 is 2.30. The monoisotopic (exact) mass is 350 g/mol. The van der Waals surface area contributed by atoms with Crippen LogP contribution in [0, 0.1) is 5.41 Å². The zero-order chi connectivity index (χ0) is 18.5. The summed E-state index contributed by atoms with van der Waals surface area (Å²) in [5.74, 6) is -0.908. The maximum absolute atomic E-state index is 11.2. The van der Waals surface area contributed by atoms with Gasteiger partial charge in [-0.25, -0.2) is 4.79 Å². The number of likely N-dealkylation sites (N-methyl/N-ethyl adjacent to an activating group) is 1. The molecule has 4 nitrogen and oxygen atoms in total. The van der Waals surface area contributed by atoms with E-state index in [1.807, 2.05) is 0 Å². The molecule has 0 aliphatic carbocycles. The van der Waals surface area contributed by atoms with Crippen LogP contribution in [0.4, 0.5) is 0 Å². The van der Waals surface area contributed by atoms with Crippen molar-refractivity contribution < 1.29 is 9.90 Å². The van der Waals surface area contributed by atoms with E-state index in [4.69, 9.17) is 0 Å². The maximum Gasteiger partial charge on any atom is 0.328 e. The highest BCUT2D eigenvalue weighted by Gasteiger charge is 2.46. The molecule has 0 fully saturated rings. The first kappa shape index (κ1) is 17.1. The van der Waals surface area contributed by atoms with Crippen LogP contribution in [0.5, 0.6) is 0 Å². The third-order valence-electron chi connectivity index (χ3n) is 6.39. The largest absolute Gasteiger partial charge is 0.478 e. The lowest BCUT2D eigenvalue weighted by Gasteiger charge is -2.48. The van der Waals surface area contributed by atoms with Gasteiger partial charge in [0.25, 0.3) is 0 Å². The second-order valence-electron chi connectivity index (χ2n) is 7.53. The number of aromatic nitrogens is 1. The number of hydrogen-bond acceptors (Lipinski definition) is 2. The van der Waals surface area contributed by atoms with Gasteiger partial charge in [0.2, 0.25) is 0 Å². The highest BCUT2D eigenvalue weighted by Crippen LogP contribution is 2.54. The second kappa shape index (κ2) is 6.13. The molecule has 1 atom stereocenters. The summed E-state index contributed by atoms with van der Waals surface area (Å²) in [6.45, 7) is 5.56. The normalized spacial score (nSPS) is 21.8. The number of carboxylic acid groups (broad SMARTS) is 1. The minimum absolute atomic E-state index is 0.0203. The van der Waals surface area contributed by atoms with Crippen molar-refractivity contribution in [3.8, 4) is 0 Å². The van der Waals surface area contributed by atoms with Crippen LogP contribution in [-0.4, -0.2) is 34.1 Å². The third kappa shape index (κ3) is 2.28. The SMILES string of the molecule is CCC1(CC)C=C(/C=C/C(=O)O)n2c3c(c4ccccc42)CCN(C)[C@H]31. The van der Waals surface area contributed by atoms with E-state index in [-0.39, 0.29) is 5.41 Å². The molecule has 26 heavy (non-hydrogen) atoms. The van der Waals surface area contributed by atoms with E-state index in [0.717, 1.165) is 31.5 Å². The van der Waals surface area contributed by atoms with Crippen LogP contribution in [0.15, 0.2) is 42.5 Å². The molecule has 0 unspecified atom stereocenters. The Bertz CT molecular complexity index is 931. The molecule has 1 N–H and O–H groups in total. The van der Waals surface area contributed by atoms with Gasteiger partial charge in [0.15, 0.2) is 0 Å². The maximum atomic E-state index is 11.2. The molecule has 0 amide bonds. The molecule has 2 aliphatic rings. The molecular weight excluding hydrogens is 324 g/mol. The molecular formula is C22H26N2O2. The van der Waals surface area contributed by atoms with E-state index >= 15 is 0 Å². The highest BCUT2D eigenvalue weighted by atomic mass is 16.4. The number of fused-ring (bicyclic) bond motifs is 3. The molecule has 0 saturated carbocycles. The molecule has 0 saturated heterocycles. The molecule has 4 heteroatoms. The van der Waals surface area contributed by atoms with E-state index in [1.54, 1.807) is 6.08 Å². The fourth-order valence-electron chi connectivity index (χ4n) is 5.05. The van der Waals surface area contributed by atoms with Gasteiger partial charge < -0.3 is 9.67 Å². The average molecular weight is 350 g/mol. The number of carboxylic acids is 1. The Labute approximate surface area is 154 Å². The van der Waals surface area contributed by atoms with Crippen LogP contribution < -0.4 is 0 Å². The van der Waals surface area contributed by atoms with Crippen molar-refractivity contribution in [2.24, 2.45) is 5.41 Å². The van der Waals surface area contributed by atoms with Crippen molar-refractivity contribution in [3.05, 3.63) is 53.8 Å². The van der Waals surface area contributed by atoms with Gasteiger partial charge in [-0.05, 0) is 44.0 Å². The summed E-state index contributed by atoms with van der Waals surface area (Å²) in [5.41, 5.74) is 4.98. The molecule has 3 heterocycles. The van der Waals surface area contributed by atoms with Crippen molar-refractivity contribution in [2.45, 2.75) is 39.2 Å². The zero-order valence-electron chi connectivity index (χ0n) is 15.7. The topological polar surface area (TPSA) is 45.5 Å². The molecule has 136 valence electrons.